The highest BCUT2D eigenvalue weighted by atomic mass is 32.1. The Bertz CT molecular complexity index is 724. The molecule has 98 valence electrons. The molecular formula is C15H17N3S. The number of hydrogen-bond acceptors (Lipinski definition) is 3. The molecule has 3 aromatic rings. The van der Waals surface area contributed by atoms with E-state index >= 15 is 0 Å². The number of nitrogens with two attached hydrogens (primary N) is 1. The van der Waals surface area contributed by atoms with Crippen molar-refractivity contribution in [2.75, 3.05) is 0 Å². The van der Waals surface area contributed by atoms with Crippen LogP contribution in [0.4, 0.5) is 0 Å². The Balaban J connectivity index is 2.16. The third-order valence-corrected chi connectivity index (χ3v) is 4.64. The summed E-state index contributed by atoms with van der Waals surface area (Å²) in [5, 5.41) is 0. The van der Waals surface area contributed by atoms with E-state index in [9.17, 15) is 0 Å². The van der Waals surface area contributed by atoms with E-state index in [2.05, 4.69) is 42.8 Å². The van der Waals surface area contributed by atoms with E-state index in [1.807, 2.05) is 17.4 Å². The van der Waals surface area contributed by atoms with E-state index in [4.69, 9.17) is 10.7 Å². The molecule has 2 aromatic heterocycles. The van der Waals surface area contributed by atoms with Crippen LogP contribution in [0.15, 0.2) is 30.3 Å². The third kappa shape index (κ3) is 2.07. The largest absolute Gasteiger partial charge is 0.326 e. The number of hydrogen-bond donors (Lipinski definition) is 1. The first kappa shape index (κ1) is 12.4. The second kappa shape index (κ2) is 4.79. The molecule has 0 bridgehead atoms. The minimum Gasteiger partial charge on any atom is -0.326 e. The molecule has 3 nitrogen and oxygen atoms in total. The molecule has 0 unspecified atom stereocenters. The zero-order valence-corrected chi connectivity index (χ0v) is 12.0. The van der Waals surface area contributed by atoms with Gasteiger partial charge >= 0.3 is 0 Å². The number of imidazole rings is 1. The van der Waals surface area contributed by atoms with Crippen molar-refractivity contribution in [1.82, 2.24) is 9.55 Å². The van der Waals surface area contributed by atoms with Gasteiger partial charge in [-0.25, -0.2) is 4.98 Å². The SMILES string of the molecule is CCc1ccc(-c2nc3ccc(CN)cc3n2C)s1. The van der Waals surface area contributed by atoms with Crippen molar-refractivity contribution in [3.8, 4) is 10.7 Å². The number of thiophene rings is 1. The summed E-state index contributed by atoms with van der Waals surface area (Å²) in [6.07, 6.45) is 1.08. The number of rotatable bonds is 3. The number of fused-ring (bicyclic) bond motifs is 1. The molecule has 3 rings (SSSR count). The smallest absolute Gasteiger partial charge is 0.150 e. The summed E-state index contributed by atoms with van der Waals surface area (Å²) < 4.78 is 2.15. The van der Waals surface area contributed by atoms with Crippen LogP contribution in [0.5, 0.6) is 0 Å². The van der Waals surface area contributed by atoms with Crippen LogP contribution in [0.25, 0.3) is 21.7 Å². The molecule has 0 amide bonds. The number of aromatic nitrogens is 2. The third-order valence-electron chi connectivity index (χ3n) is 3.41. The molecule has 0 aliphatic heterocycles. The van der Waals surface area contributed by atoms with Gasteiger partial charge in [-0.1, -0.05) is 13.0 Å². The Kier molecular flexibility index (Phi) is 3.12. The Hall–Kier alpha value is -1.65. The lowest BCUT2D eigenvalue weighted by atomic mass is 10.2. The Morgan fingerprint density at radius 3 is 2.79 bits per heavy atom. The van der Waals surface area contributed by atoms with Crippen molar-refractivity contribution in [3.05, 3.63) is 40.8 Å². The molecule has 0 fully saturated rings. The monoisotopic (exact) mass is 271 g/mol. The molecule has 0 saturated heterocycles. The first-order valence-corrected chi connectivity index (χ1v) is 7.29. The molecule has 0 spiro atoms. The van der Waals surface area contributed by atoms with Crippen molar-refractivity contribution in [1.29, 1.82) is 0 Å². The summed E-state index contributed by atoms with van der Waals surface area (Å²) in [7, 11) is 2.07. The molecule has 0 atom stereocenters. The molecular weight excluding hydrogens is 254 g/mol. The molecule has 0 saturated carbocycles. The molecule has 19 heavy (non-hydrogen) atoms. The maximum absolute atomic E-state index is 5.70. The van der Waals surface area contributed by atoms with Crippen molar-refractivity contribution < 1.29 is 0 Å². The first-order chi connectivity index (χ1) is 9.22. The summed E-state index contributed by atoms with van der Waals surface area (Å²) in [4.78, 5) is 7.36. The fourth-order valence-electron chi connectivity index (χ4n) is 2.27. The van der Waals surface area contributed by atoms with Crippen LogP contribution in [-0.4, -0.2) is 9.55 Å². The quantitative estimate of drug-likeness (QED) is 0.794. The van der Waals surface area contributed by atoms with Gasteiger partial charge in [-0.15, -0.1) is 11.3 Å². The van der Waals surface area contributed by atoms with Crippen molar-refractivity contribution >= 4 is 22.4 Å². The standard InChI is InChI=1S/C15H17N3S/c1-3-11-5-7-14(19-11)15-17-12-6-4-10(9-16)8-13(12)18(15)2/h4-8H,3,9,16H2,1-2H3. The van der Waals surface area contributed by atoms with Gasteiger partial charge in [-0.2, -0.15) is 0 Å². The van der Waals surface area contributed by atoms with Gasteiger partial charge in [-0.05, 0) is 36.2 Å². The number of benzene rings is 1. The van der Waals surface area contributed by atoms with E-state index in [0.29, 0.717) is 6.54 Å². The normalized spacial score (nSPS) is 11.3. The lowest BCUT2D eigenvalue weighted by molar-refractivity contribution is 0.960. The predicted molar refractivity (Wildman–Crippen MR) is 81.3 cm³/mol. The summed E-state index contributed by atoms with van der Waals surface area (Å²) in [6.45, 7) is 2.74. The minimum absolute atomic E-state index is 0.565. The number of aryl methyl sites for hydroxylation is 2. The second-order valence-corrected chi connectivity index (χ2v) is 5.81. The molecule has 2 heterocycles. The lowest BCUT2D eigenvalue weighted by Crippen LogP contribution is -1.96. The maximum atomic E-state index is 5.70. The highest BCUT2D eigenvalue weighted by Crippen LogP contribution is 2.30. The van der Waals surface area contributed by atoms with Gasteiger partial charge in [0.05, 0.1) is 15.9 Å². The molecule has 0 aliphatic rings. The van der Waals surface area contributed by atoms with Gasteiger partial charge in [0, 0.05) is 18.5 Å². The van der Waals surface area contributed by atoms with Crippen LogP contribution in [0, 0.1) is 0 Å². The van der Waals surface area contributed by atoms with Crippen molar-refractivity contribution in [3.63, 3.8) is 0 Å². The van der Waals surface area contributed by atoms with Gasteiger partial charge < -0.3 is 10.3 Å². The van der Waals surface area contributed by atoms with Gasteiger partial charge in [0.1, 0.15) is 0 Å². The van der Waals surface area contributed by atoms with Gasteiger partial charge in [0.2, 0.25) is 0 Å². The van der Waals surface area contributed by atoms with Gasteiger partial charge in [0.25, 0.3) is 0 Å². The summed E-state index contributed by atoms with van der Waals surface area (Å²) in [5.41, 5.74) is 9.02. The average Bonchev–Trinajstić information content (AvgIpc) is 3.03. The van der Waals surface area contributed by atoms with Gasteiger partial charge in [-0.3, -0.25) is 0 Å². The van der Waals surface area contributed by atoms with Crippen molar-refractivity contribution in [2.45, 2.75) is 19.9 Å². The summed E-state index contributed by atoms with van der Waals surface area (Å²) in [5.74, 6) is 1.04. The van der Waals surface area contributed by atoms with Crippen LogP contribution in [0.3, 0.4) is 0 Å². The maximum Gasteiger partial charge on any atom is 0.150 e. The van der Waals surface area contributed by atoms with Crippen LogP contribution in [0.2, 0.25) is 0 Å². The lowest BCUT2D eigenvalue weighted by Gasteiger charge is -2.00. The number of nitrogens with zero attached hydrogens (tertiary/aromatic N) is 2. The molecule has 0 aliphatic carbocycles. The van der Waals surface area contributed by atoms with Crippen LogP contribution in [0.1, 0.15) is 17.4 Å². The highest BCUT2D eigenvalue weighted by molar-refractivity contribution is 7.15. The fraction of sp³-hybridized carbons (Fsp3) is 0.267. The second-order valence-electron chi connectivity index (χ2n) is 4.64. The van der Waals surface area contributed by atoms with Crippen LogP contribution >= 0.6 is 11.3 Å². The molecule has 4 heteroatoms. The van der Waals surface area contributed by atoms with Crippen molar-refractivity contribution in [2.24, 2.45) is 12.8 Å². The zero-order chi connectivity index (χ0) is 13.4. The first-order valence-electron chi connectivity index (χ1n) is 6.47. The Morgan fingerprint density at radius 2 is 2.11 bits per heavy atom. The Labute approximate surface area is 116 Å². The highest BCUT2D eigenvalue weighted by Gasteiger charge is 2.12. The molecule has 0 radical (unpaired) electrons. The minimum atomic E-state index is 0.565. The van der Waals surface area contributed by atoms with E-state index in [-0.39, 0.29) is 0 Å². The van der Waals surface area contributed by atoms with Crippen LogP contribution in [-0.2, 0) is 20.0 Å². The zero-order valence-electron chi connectivity index (χ0n) is 11.2. The van der Waals surface area contributed by atoms with E-state index in [0.717, 1.165) is 28.8 Å². The molecule has 2 N–H and O–H groups in total. The fourth-order valence-corrected chi connectivity index (χ4v) is 3.24. The Morgan fingerprint density at radius 1 is 1.26 bits per heavy atom. The van der Waals surface area contributed by atoms with E-state index in [1.54, 1.807) is 0 Å². The predicted octanol–water partition coefficient (Wildman–Crippen LogP) is 3.32. The van der Waals surface area contributed by atoms with E-state index in [1.165, 1.54) is 9.75 Å². The molecule has 1 aromatic carbocycles. The average molecular weight is 271 g/mol. The van der Waals surface area contributed by atoms with E-state index < -0.39 is 0 Å². The summed E-state index contributed by atoms with van der Waals surface area (Å²) >= 11 is 1.82. The van der Waals surface area contributed by atoms with Gasteiger partial charge in [0.15, 0.2) is 5.82 Å². The van der Waals surface area contributed by atoms with Crippen LogP contribution < -0.4 is 5.73 Å². The topological polar surface area (TPSA) is 43.8 Å². The summed E-state index contributed by atoms with van der Waals surface area (Å²) in [6, 6.07) is 10.6.